The molecule has 1 heterocycles. The zero-order valence-electron chi connectivity index (χ0n) is 15.9. The Morgan fingerprint density at radius 1 is 1.14 bits per heavy atom. The highest BCUT2D eigenvalue weighted by molar-refractivity contribution is 5.75. The molecule has 1 aliphatic rings. The van der Waals surface area contributed by atoms with Crippen LogP contribution in [0.15, 0.2) is 42.5 Å². The van der Waals surface area contributed by atoms with Gasteiger partial charge in [-0.05, 0) is 68.0 Å². The molecule has 2 aromatic rings. The van der Waals surface area contributed by atoms with Crippen LogP contribution < -0.4 is 10.5 Å². The minimum absolute atomic E-state index is 0.129. The van der Waals surface area contributed by atoms with Crippen molar-refractivity contribution in [2.24, 2.45) is 11.7 Å². The number of nitrogens with two attached hydrogens (primary N) is 1. The first-order chi connectivity index (χ1) is 13.5. The molecule has 28 heavy (non-hydrogen) atoms. The summed E-state index contributed by atoms with van der Waals surface area (Å²) in [6.45, 7) is 2.64. The van der Waals surface area contributed by atoms with Crippen LogP contribution in [-0.2, 0) is 17.8 Å². The third kappa shape index (κ3) is 5.76. The molecule has 3 rings (SSSR count). The predicted octanol–water partition coefficient (Wildman–Crippen LogP) is 3.67. The minimum atomic E-state index is -0.501. The molecule has 1 aliphatic heterocycles. The van der Waals surface area contributed by atoms with Crippen LogP contribution in [0.25, 0.3) is 0 Å². The minimum Gasteiger partial charge on any atom is -0.484 e. The van der Waals surface area contributed by atoms with E-state index < -0.39 is 17.5 Å². The fourth-order valence-corrected chi connectivity index (χ4v) is 3.75. The van der Waals surface area contributed by atoms with Crippen LogP contribution >= 0.6 is 0 Å². The number of primary amides is 1. The molecular formula is C22H26F2N2O2. The zero-order chi connectivity index (χ0) is 19.9. The molecule has 150 valence electrons. The lowest BCUT2D eigenvalue weighted by Gasteiger charge is -2.33. The molecule has 6 heteroatoms. The molecule has 1 saturated heterocycles. The Hall–Kier alpha value is -2.47. The van der Waals surface area contributed by atoms with Crippen molar-refractivity contribution in [1.82, 2.24) is 4.90 Å². The van der Waals surface area contributed by atoms with E-state index in [4.69, 9.17) is 10.5 Å². The van der Waals surface area contributed by atoms with E-state index >= 15 is 0 Å². The highest BCUT2D eigenvalue weighted by atomic mass is 19.1. The van der Waals surface area contributed by atoms with Gasteiger partial charge in [-0.1, -0.05) is 18.2 Å². The fraction of sp³-hybridized carbons (Fsp3) is 0.409. The summed E-state index contributed by atoms with van der Waals surface area (Å²) in [5.41, 5.74) is 6.43. The molecule has 1 fully saturated rings. The maximum absolute atomic E-state index is 13.8. The molecule has 2 aromatic carbocycles. The van der Waals surface area contributed by atoms with Crippen LogP contribution in [0, 0.1) is 17.6 Å². The average molecular weight is 388 g/mol. The highest BCUT2D eigenvalue weighted by Gasteiger charge is 2.21. The van der Waals surface area contributed by atoms with Gasteiger partial charge >= 0.3 is 0 Å². The third-order valence-electron chi connectivity index (χ3n) is 5.18. The Bertz CT molecular complexity index is 775. The van der Waals surface area contributed by atoms with Gasteiger partial charge in [0, 0.05) is 18.7 Å². The smallest absolute Gasteiger partial charge is 0.255 e. The average Bonchev–Trinajstić information content (AvgIpc) is 2.67. The number of hydrogen-bond donors (Lipinski definition) is 1. The number of carbonyl (C=O) groups excluding carboxylic acids is 1. The van der Waals surface area contributed by atoms with Crippen LogP contribution in [0.2, 0.25) is 0 Å². The summed E-state index contributed by atoms with van der Waals surface area (Å²) in [5.74, 6) is -0.353. The van der Waals surface area contributed by atoms with E-state index in [-0.39, 0.29) is 12.2 Å². The second-order valence-corrected chi connectivity index (χ2v) is 7.38. The van der Waals surface area contributed by atoms with Gasteiger partial charge in [0.2, 0.25) is 0 Å². The van der Waals surface area contributed by atoms with Gasteiger partial charge in [-0.25, -0.2) is 8.78 Å². The lowest BCUT2D eigenvalue weighted by atomic mass is 9.91. The third-order valence-corrected chi connectivity index (χ3v) is 5.18. The van der Waals surface area contributed by atoms with E-state index in [1.165, 1.54) is 18.2 Å². The fourth-order valence-electron chi connectivity index (χ4n) is 3.75. The Kier molecular flexibility index (Phi) is 6.98. The number of likely N-dealkylation sites (tertiary alicyclic amines) is 1. The van der Waals surface area contributed by atoms with Gasteiger partial charge in [0.1, 0.15) is 17.4 Å². The molecule has 1 atom stereocenters. The second kappa shape index (κ2) is 9.64. The molecule has 0 spiro atoms. The van der Waals surface area contributed by atoms with Crippen LogP contribution in [0.5, 0.6) is 5.75 Å². The lowest BCUT2D eigenvalue weighted by molar-refractivity contribution is -0.119. The molecule has 2 N–H and O–H groups in total. The molecule has 0 bridgehead atoms. The van der Waals surface area contributed by atoms with Crippen molar-refractivity contribution in [3.8, 4) is 5.75 Å². The first kappa shape index (κ1) is 20.3. The molecule has 1 unspecified atom stereocenters. The van der Waals surface area contributed by atoms with Gasteiger partial charge < -0.3 is 10.5 Å². The number of ether oxygens (including phenoxy) is 1. The summed E-state index contributed by atoms with van der Waals surface area (Å²) < 4.78 is 32.9. The highest BCUT2D eigenvalue weighted by Crippen LogP contribution is 2.25. The van der Waals surface area contributed by atoms with Crippen LogP contribution in [-0.4, -0.2) is 30.5 Å². The molecule has 0 saturated carbocycles. The summed E-state index contributed by atoms with van der Waals surface area (Å²) >= 11 is 0. The van der Waals surface area contributed by atoms with E-state index in [2.05, 4.69) is 4.90 Å². The Morgan fingerprint density at radius 2 is 1.86 bits per heavy atom. The molecule has 0 radical (unpaired) electrons. The van der Waals surface area contributed by atoms with Gasteiger partial charge in [0.15, 0.2) is 6.61 Å². The Balaban J connectivity index is 1.50. The van der Waals surface area contributed by atoms with E-state index in [0.29, 0.717) is 18.1 Å². The van der Waals surface area contributed by atoms with E-state index in [1.807, 2.05) is 24.3 Å². The first-order valence-electron chi connectivity index (χ1n) is 9.66. The predicted molar refractivity (Wildman–Crippen MR) is 104 cm³/mol. The van der Waals surface area contributed by atoms with E-state index in [9.17, 15) is 13.6 Å². The standard InChI is InChI=1S/C22H26F2N2O2/c23-20-4-1-5-21(24)19(20)11-8-16-3-2-12-26(13-16)14-17-6-9-18(10-7-17)28-15-22(25)27/h1,4-7,9-10,16H,2-3,8,11-15H2,(H2,25,27). The first-order valence-corrected chi connectivity index (χ1v) is 9.66. The second-order valence-electron chi connectivity index (χ2n) is 7.38. The Labute approximate surface area is 164 Å². The van der Waals surface area contributed by atoms with Crippen molar-refractivity contribution in [2.45, 2.75) is 32.2 Å². The molecule has 0 aliphatic carbocycles. The number of halogens is 2. The lowest BCUT2D eigenvalue weighted by Crippen LogP contribution is -2.35. The van der Waals surface area contributed by atoms with E-state index in [0.717, 1.165) is 44.5 Å². The molecule has 4 nitrogen and oxygen atoms in total. The van der Waals surface area contributed by atoms with Crippen molar-refractivity contribution in [3.63, 3.8) is 0 Å². The summed E-state index contributed by atoms with van der Waals surface area (Å²) in [7, 11) is 0. The maximum atomic E-state index is 13.8. The Morgan fingerprint density at radius 3 is 2.54 bits per heavy atom. The SMILES string of the molecule is NC(=O)COc1ccc(CN2CCCC(CCc3c(F)cccc3F)C2)cc1. The van der Waals surface area contributed by atoms with Crippen LogP contribution in [0.4, 0.5) is 8.78 Å². The number of nitrogens with zero attached hydrogens (tertiary/aromatic N) is 1. The molecule has 0 aromatic heterocycles. The number of benzene rings is 2. The van der Waals surface area contributed by atoms with Gasteiger partial charge in [-0.3, -0.25) is 9.69 Å². The topological polar surface area (TPSA) is 55.6 Å². The number of rotatable bonds is 8. The quantitative estimate of drug-likeness (QED) is 0.751. The van der Waals surface area contributed by atoms with Gasteiger partial charge in [-0.2, -0.15) is 0 Å². The van der Waals surface area contributed by atoms with Crippen LogP contribution in [0.1, 0.15) is 30.4 Å². The van der Waals surface area contributed by atoms with Crippen molar-refractivity contribution in [1.29, 1.82) is 0 Å². The normalized spacial score (nSPS) is 17.4. The summed E-state index contributed by atoms with van der Waals surface area (Å²) in [5, 5.41) is 0. The van der Waals surface area contributed by atoms with Gasteiger partial charge in [0.25, 0.3) is 5.91 Å². The van der Waals surface area contributed by atoms with Crippen LogP contribution in [0.3, 0.4) is 0 Å². The molecular weight excluding hydrogens is 362 g/mol. The van der Waals surface area contributed by atoms with Crippen molar-refractivity contribution in [3.05, 3.63) is 65.2 Å². The summed E-state index contributed by atoms with van der Waals surface area (Å²) in [6.07, 6.45) is 3.40. The van der Waals surface area contributed by atoms with Gasteiger partial charge in [-0.15, -0.1) is 0 Å². The molecule has 1 amide bonds. The van der Waals surface area contributed by atoms with E-state index in [1.54, 1.807) is 0 Å². The largest absolute Gasteiger partial charge is 0.484 e. The monoisotopic (exact) mass is 388 g/mol. The number of hydrogen-bond acceptors (Lipinski definition) is 3. The van der Waals surface area contributed by atoms with Gasteiger partial charge in [0.05, 0.1) is 0 Å². The maximum Gasteiger partial charge on any atom is 0.255 e. The number of piperidine rings is 1. The number of carbonyl (C=O) groups is 1. The van der Waals surface area contributed by atoms with Crippen molar-refractivity contribution in [2.75, 3.05) is 19.7 Å². The summed E-state index contributed by atoms with van der Waals surface area (Å²) in [4.78, 5) is 13.1. The number of amides is 1. The van der Waals surface area contributed by atoms with Crippen molar-refractivity contribution < 1.29 is 18.3 Å². The summed E-state index contributed by atoms with van der Waals surface area (Å²) in [6, 6.07) is 11.7. The van der Waals surface area contributed by atoms with Crippen molar-refractivity contribution >= 4 is 5.91 Å². The zero-order valence-corrected chi connectivity index (χ0v) is 15.9.